The number of nitrogens with one attached hydrogen (secondary N) is 2. The fraction of sp³-hybridized carbons (Fsp3) is 0.333. The van der Waals surface area contributed by atoms with Gasteiger partial charge in [0.15, 0.2) is 5.69 Å². The van der Waals surface area contributed by atoms with Gasteiger partial charge in [0, 0.05) is 18.2 Å². The summed E-state index contributed by atoms with van der Waals surface area (Å²) in [5.41, 5.74) is 9.25. The quantitative estimate of drug-likeness (QED) is 0.671. The number of amides is 1. The van der Waals surface area contributed by atoms with Gasteiger partial charge in [-0.2, -0.15) is 5.10 Å². The van der Waals surface area contributed by atoms with Gasteiger partial charge in [0.25, 0.3) is 5.91 Å². The maximum absolute atomic E-state index is 12.2. The summed E-state index contributed by atoms with van der Waals surface area (Å²) in [6.45, 7) is 0.111. The standard InChI is InChI=1S/C15H18N4O2/c16-12-13(10-3-4-10)18-19-14(12)15(21)17-11-5-1-9(2-6-11)7-8-20/h1-2,5-6,10,20H,3-4,7-8,16H2,(H,17,21)(H,18,19). The molecular formula is C15H18N4O2. The van der Waals surface area contributed by atoms with Crippen LogP contribution in [-0.4, -0.2) is 27.8 Å². The maximum atomic E-state index is 12.2. The Labute approximate surface area is 122 Å². The van der Waals surface area contributed by atoms with Crippen LogP contribution in [0.2, 0.25) is 0 Å². The van der Waals surface area contributed by atoms with E-state index in [0.717, 1.165) is 24.1 Å². The minimum absolute atomic E-state index is 0.111. The minimum atomic E-state index is -0.314. The largest absolute Gasteiger partial charge is 0.396 e. The van der Waals surface area contributed by atoms with E-state index in [0.29, 0.717) is 23.7 Å². The summed E-state index contributed by atoms with van der Waals surface area (Å²) in [7, 11) is 0. The molecule has 0 saturated heterocycles. The lowest BCUT2D eigenvalue weighted by molar-refractivity contribution is 0.102. The number of carbonyl (C=O) groups is 1. The molecule has 1 heterocycles. The Balaban J connectivity index is 1.70. The van der Waals surface area contributed by atoms with Crippen LogP contribution in [0.4, 0.5) is 11.4 Å². The van der Waals surface area contributed by atoms with Crippen molar-refractivity contribution in [1.29, 1.82) is 0 Å². The van der Waals surface area contributed by atoms with E-state index < -0.39 is 0 Å². The average Bonchev–Trinajstić information content (AvgIpc) is 3.24. The number of aliphatic hydroxyl groups excluding tert-OH is 1. The van der Waals surface area contributed by atoms with Gasteiger partial charge in [-0.15, -0.1) is 0 Å². The molecule has 21 heavy (non-hydrogen) atoms. The highest BCUT2D eigenvalue weighted by molar-refractivity contribution is 6.06. The highest BCUT2D eigenvalue weighted by Crippen LogP contribution is 2.42. The number of hydrogen-bond donors (Lipinski definition) is 4. The van der Waals surface area contributed by atoms with Crippen molar-refractivity contribution in [2.45, 2.75) is 25.2 Å². The summed E-state index contributed by atoms with van der Waals surface area (Å²) in [6, 6.07) is 7.34. The predicted octanol–water partition coefficient (Wildman–Crippen LogP) is 1.66. The van der Waals surface area contributed by atoms with E-state index in [1.807, 2.05) is 12.1 Å². The second-order valence-corrected chi connectivity index (χ2v) is 5.30. The van der Waals surface area contributed by atoms with Crippen molar-refractivity contribution in [3.05, 3.63) is 41.2 Å². The van der Waals surface area contributed by atoms with Crippen LogP contribution in [0, 0.1) is 0 Å². The number of aromatic amines is 1. The maximum Gasteiger partial charge on any atom is 0.278 e. The fourth-order valence-corrected chi connectivity index (χ4v) is 2.29. The summed E-state index contributed by atoms with van der Waals surface area (Å²) in [6.07, 6.45) is 2.80. The Hall–Kier alpha value is -2.34. The van der Waals surface area contributed by atoms with Crippen LogP contribution < -0.4 is 11.1 Å². The van der Waals surface area contributed by atoms with E-state index in [2.05, 4.69) is 15.5 Å². The van der Waals surface area contributed by atoms with Gasteiger partial charge in [-0.25, -0.2) is 0 Å². The number of hydrogen-bond acceptors (Lipinski definition) is 4. The van der Waals surface area contributed by atoms with Crippen LogP contribution in [0.15, 0.2) is 24.3 Å². The number of nitrogens with two attached hydrogens (primary N) is 1. The molecule has 3 rings (SSSR count). The number of nitrogen functional groups attached to an aromatic ring is 1. The number of aliphatic hydroxyl groups is 1. The number of benzene rings is 1. The van der Waals surface area contributed by atoms with Gasteiger partial charge in [0.1, 0.15) is 0 Å². The summed E-state index contributed by atoms with van der Waals surface area (Å²) in [5, 5.41) is 18.5. The molecule has 1 aliphatic carbocycles. The van der Waals surface area contributed by atoms with Gasteiger partial charge in [-0.05, 0) is 37.0 Å². The summed E-state index contributed by atoms with van der Waals surface area (Å²) in [4.78, 5) is 12.2. The molecule has 1 amide bonds. The highest BCUT2D eigenvalue weighted by atomic mass is 16.3. The molecule has 110 valence electrons. The molecule has 5 N–H and O–H groups in total. The molecule has 0 unspecified atom stereocenters. The first kappa shape index (κ1) is 13.6. The van der Waals surface area contributed by atoms with Crippen LogP contribution in [-0.2, 0) is 6.42 Å². The molecule has 2 aromatic rings. The van der Waals surface area contributed by atoms with E-state index in [4.69, 9.17) is 10.8 Å². The second-order valence-electron chi connectivity index (χ2n) is 5.30. The zero-order valence-electron chi connectivity index (χ0n) is 11.6. The van der Waals surface area contributed by atoms with Crippen LogP contribution in [0.5, 0.6) is 0 Å². The van der Waals surface area contributed by atoms with Gasteiger partial charge >= 0.3 is 0 Å². The van der Waals surface area contributed by atoms with Crippen molar-refractivity contribution in [3.63, 3.8) is 0 Å². The number of anilines is 2. The van der Waals surface area contributed by atoms with Gasteiger partial charge in [0.2, 0.25) is 0 Å². The normalized spacial score (nSPS) is 14.1. The van der Waals surface area contributed by atoms with Crippen molar-refractivity contribution in [3.8, 4) is 0 Å². The highest BCUT2D eigenvalue weighted by Gasteiger charge is 2.30. The van der Waals surface area contributed by atoms with Gasteiger partial charge < -0.3 is 16.2 Å². The second kappa shape index (κ2) is 5.57. The minimum Gasteiger partial charge on any atom is -0.396 e. The molecule has 0 aliphatic heterocycles. The Morgan fingerprint density at radius 1 is 1.38 bits per heavy atom. The molecule has 0 atom stereocenters. The van der Waals surface area contributed by atoms with Crippen LogP contribution in [0.3, 0.4) is 0 Å². The van der Waals surface area contributed by atoms with Crippen molar-refractivity contribution in [1.82, 2.24) is 10.2 Å². The fourth-order valence-electron chi connectivity index (χ4n) is 2.29. The molecular weight excluding hydrogens is 268 g/mol. The van der Waals surface area contributed by atoms with E-state index in [-0.39, 0.29) is 18.2 Å². The van der Waals surface area contributed by atoms with Crippen LogP contribution >= 0.6 is 0 Å². The predicted molar refractivity (Wildman–Crippen MR) is 80.2 cm³/mol. The summed E-state index contributed by atoms with van der Waals surface area (Å²) >= 11 is 0. The van der Waals surface area contributed by atoms with Gasteiger partial charge in [-0.3, -0.25) is 9.89 Å². The third-order valence-electron chi connectivity index (χ3n) is 3.65. The molecule has 6 heteroatoms. The Morgan fingerprint density at radius 2 is 2.10 bits per heavy atom. The lowest BCUT2D eigenvalue weighted by Crippen LogP contribution is -2.14. The smallest absolute Gasteiger partial charge is 0.278 e. The van der Waals surface area contributed by atoms with E-state index >= 15 is 0 Å². The molecule has 0 spiro atoms. The molecule has 1 aliphatic rings. The first-order valence-electron chi connectivity index (χ1n) is 7.04. The molecule has 1 saturated carbocycles. The molecule has 0 bridgehead atoms. The Kier molecular flexibility index (Phi) is 3.62. The van der Waals surface area contributed by atoms with Crippen molar-refractivity contribution in [2.75, 3.05) is 17.7 Å². The van der Waals surface area contributed by atoms with Gasteiger partial charge in [0.05, 0.1) is 11.4 Å². The zero-order chi connectivity index (χ0) is 14.8. The van der Waals surface area contributed by atoms with E-state index in [1.54, 1.807) is 12.1 Å². The van der Waals surface area contributed by atoms with Crippen molar-refractivity contribution >= 4 is 17.3 Å². The molecule has 6 nitrogen and oxygen atoms in total. The van der Waals surface area contributed by atoms with Crippen molar-refractivity contribution in [2.24, 2.45) is 0 Å². The van der Waals surface area contributed by atoms with E-state index in [9.17, 15) is 4.79 Å². The van der Waals surface area contributed by atoms with Gasteiger partial charge in [-0.1, -0.05) is 12.1 Å². The van der Waals surface area contributed by atoms with Crippen LogP contribution in [0.1, 0.15) is 40.5 Å². The molecule has 1 aromatic carbocycles. The molecule has 1 aromatic heterocycles. The summed E-state index contributed by atoms with van der Waals surface area (Å²) in [5.74, 6) is 0.113. The molecule has 1 fully saturated rings. The third-order valence-corrected chi connectivity index (χ3v) is 3.65. The first-order valence-corrected chi connectivity index (χ1v) is 7.04. The number of rotatable bonds is 5. The topological polar surface area (TPSA) is 104 Å². The van der Waals surface area contributed by atoms with Crippen LogP contribution in [0.25, 0.3) is 0 Å². The Morgan fingerprint density at radius 3 is 2.71 bits per heavy atom. The number of H-pyrrole nitrogens is 1. The van der Waals surface area contributed by atoms with E-state index in [1.165, 1.54) is 0 Å². The molecule has 0 radical (unpaired) electrons. The lowest BCUT2D eigenvalue weighted by atomic mass is 10.1. The average molecular weight is 286 g/mol. The SMILES string of the molecule is Nc1c(C(=O)Nc2ccc(CCO)cc2)n[nH]c1C1CC1. The summed E-state index contributed by atoms with van der Waals surface area (Å²) < 4.78 is 0. The number of aromatic nitrogens is 2. The number of nitrogens with zero attached hydrogens (tertiary/aromatic N) is 1. The Bertz CT molecular complexity index is 644. The zero-order valence-corrected chi connectivity index (χ0v) is 11.6. The lowest BCUT2D eigenvalue weighted by Gasteiger charge is -2.05. The third kappa shape index (κ3) is 2.90. The number of carbonyl (C=O) groups excluding carboxylic acids is 1. The van der Waals surface area contributed by atoms with Crippen molar-refractivity contribution < 1.29 is 9.90 Å². The first-order chi connectivity index (χ1) is 10.2. The monoisotopic (exact) mass is 286 g/mol.